The van der Waals surface area contributed by atoms with Gasteiger partial charge in [-0.3, -0.25) is 4.57 Å². The summed E-state index contributed by atoms with van der Waals surface area (Å²) in [4.78, 5) is 10.8. The summed E-state index contributed by atoms with van der Waals surface area (Å²) in [5.41, 5.74) is 20.8. The van der Waals surface area contributed by atoms with Gasteiger partial charge in [-0.2, -0.15) is 0 Å². The van der Waals surface area contributed by atoms with E-state index in [1.165, 1.54) is 44.5 Å². The predicted octanol–water partition coefficient (Wildman–Crippen LogP) is 16.0. The molecule has 0 aliphatic heterocycles. The number of para-hydroxylation sites is 5. The average Bonchev–Trinajstić information content (AvgIpc) is 4.14. The SMILES string of the molecule is c1ccc(-n2c(-c3ccc(-c4cc5c(-c6ccc7c(c6)C6(c8ccccc8-c8ccccc86)c6ccccc6-7)nc6ccccc6c5c5c4oc4ccccc45)cc3)nc3ccccc32)cc1. The van der Waals surface area contributed by atoms with Crippen LogP contribution in [0.2, 0.25) is 0 Å². The zero-order valence-electron chi connectivity index (χ0n) is 36.1. The normalized spacial score (nSPS) is 13.2. The largest absolute Gasteiger partial charge is 0.455 e. The average molecular weight is 852 g/mol. The number of hydrogen-bond donors (Lipinski definition) is 0. The molecule has 4 nitrogen and oxygen atoms in total. The van der Waals surface area contributed by atoms with Crippen LogP contribution in [-0.4, -0.2) is 14.5 Å². The van der Waals surface area contributed by atoms with Crippen molar-refractivity contribution in [3.05, 3.63) is 247 Å². The Morgan fingerprint density at radius 2 is 0.940 bits per heavy atom. The van der Waals surface area contributed by atoms with Crippen LogP contribution >= 0.6 is 0 Å². The first kappa shape index (κ1) is 36.5. The standard InChI is InChI=1S/C63H37N3O/c1-2-16-41(17-3-1)66-56-28-14-13-27-55(56)65-62(66)39-32-30-38(31-33-39)48-37-49-58(59-47-22-8-15-29-57(47)67-61(48)59)46-21-7-12-26-54(46)64-60(49)40-34-35-45-44-20-6-11-25-52(44)63(53(45)36-40)50-23-9-4-18-42(50)43-19-5-10-24-51(43)63/h1-37H. The summed E-state index contributed by atoms with van der Waals surface area (Å²) in [6.45, 7) is 0. The van der Waals surface area contributed by atoms with Crippen LogP contribution in [0.1, 0.15) is 22.3 Å². The quantitative estimate of drug-likeness (QED) is 0.166. The summed E-state index contributed by atoms with van der Waals surface area (Å²) in [5.74, 6) is 0.897. The molecule has 13 aromatic rings. The molecule has 0 bridgehead atoms. The maximum Gasteiger partial charge on any atom is 0.145 e. The molecule has 0 saturated carbocycles. The van der Waals surface area contributed by atoms with Crippen LogP contribution in [0.25, 0.3) is 116 Å². The van der Waals surface area contributed by atoms with Crippen LogP contribution in [0.4, 0.5) is 0 Å². The van der Waals surface area contributed by atoms with E-state index in [0.717, 1.165) is 94.1 Å². The fourth-order valence-electron chi connectivity index (χ4n) is 11.9. The number of fused-ring (bicyclic) bond motifs is 18. The predicted molar refractivity (Wildman–Crippen MR) is 274 cm³/mol. The molecule has 2 aliphatic carbocycles. The van der Waals surface area contributed by atoms with Crippen LogP contribution in [0.5, 0.6) is 0 Å². The number of furan rings is 1. The molecule has 0 unspecified atom stereocenters. The topological polar surface area (TPSA) is 43.9 Å². The van der Waals surface area contributed by atoms with Gasteiger partial charge in [0, 0.05) is 49.3 Å². The second-order valence-electron chi connectivity index (χ2n) is 17.9. The van der Waals surface area contributed by atoms with Gasteiger partial charge in [-0.15, -0.1) is 0 Å². The van der Waals surface area contributed by atoms with Crippen molar-refractivity contribution in [2.45, 2.75) is 5.41 Å². The van der Waals surface area contributed by atoms with Crippen molar-refractivity contribution in [3.8, 4) is 61.7 Å². The number of pyridine rings is 1. The molecule has 4 heteroatoms. The molecule has 310 valence electrons. The molecule has 0 atom stereocenters. The third kappa shape index (κ3) is 4.91. The van der Waals surface area contributed by atoms with E-state index < -0.39 is 5.41 Å². The van der Waals surface area contributed by atoms with Gasteiger partial charge in [0.15, 0.2) is 0 Å². The number of aromatic nitrogens is 3. The lowest BCUT2D eigenvalue weighted by molar-refractivity contribution is 0.670. The Labute approximate surface area is 385 Å². The lowest BCUT2D eigenvalue weighted by atomic mass is 9.70. The first-order valence-electron chi connectivity index (χ1n) is 23.0. The Bertz CT molecular complexity index is 4150. The molecule has 0 amide bonds. The molecule has 2 aliphatic rings. The van der Waals surface area contributed by atoms with Crippen LogP contribution < -0.4 is 0 Å². The molecule has 1 spiro atoms. The number of hydrogen-bond acceptors (Lipinski definition) is 3. The van der Waals surface area contributed by atoms with Crippen molar-refractivity contribution >= 4 is 54.6 Å². The van der Waals surface area contributed by atoms with E-state index in [9.17, 15) is 0 Å². The van der Waals surface area contributed by atoms with Crippen molar-refractivity contribution in [1.82, 2.24) is 14.5 Å². The minimum atomic E-state index is -0.468. The zero-order chi connectivity index (χ0) is 43.8. The van der Waals surface area contributed by atoms with Crippen LogP contribution in [-0.2, 0) is 5.41 Å². The highest BCUT2D eigenvalue weighted by Crippen LogP contribution is 2.63. The Kier molecular flexibility index (Phi) is 7.40. The highest BCUT2D eigenvalue weighted by molar-refractivity contribution is 6.30. The van der Waals surface area contributed by atoms with E-state index in [0.29, 0.717) is 0 Å². The second-order valence-corrected chi connectivity index (χ2v) is 17.9. The highest BCUT2D eigenvalue weighted by atomic mass is 16.3. The number of benzene rings is 10. The van der Waals surface area contributed by atoms with Gasteiger partial charge < -0.3 is 4.42 Å². The van der Waals surface area contributed by atoms with E-state index in [1.807, 2.05) is 0 Å². The number of nitrogens with zero attached hydrogens (tertiary/aromatic N) is 3. The van der Waals surface area contributed by atoms with E-state index >= 15 is 0 Å². The third-order valence-electron chi connectivity index (χ3n) is 14.6. The van der Waals surface area contributed by atoms with Crippen molar-refractivity contribution in [1.29, 1.82) is 0 Å². The highest BCUT2D eigenvalue weighted by Gasteiger charge is 2.51. The Hall–Kier alpha value is -8.86. The van der Waals surface area contributed by atoms with Crippen molar-refractivity contribution in [3.63, 3.8) is 0 Å². The van der Waals surface area contributed by atoms with E-state index in [2.05, 4.69) is 229 Å². The molecule has 3 heterocycles. The van der Waals surface area contributed by atoms with Crippen LogP contribution in [0.15, 0.2) is 229 Å². The van der Waals surface area contributed by atoms with Gasteiger partial charge in [-0.05, 0) is 98.6 Å². The minimum Gasteiger partial charge on any atom is -0.455 e. The van der Waals surface area contributed by atoms with Gasteiger partial charge in [-0.25, -0.2) is 9.97 Å². The zero-order valence-corrected chi connectivity index (χ0v) is 36.1. The summed E-state index contributed by atoms with van der Waals surface area (Å²) in [5, 5.41) is 5.51. The van der Waals surface area contributed by atoms with E-state index in [4.69, 9.17) is 14.4 Å². The van der Waals surface area contributed by atoms with Gasteiger partial charge in [0.1, 0.15) is 17.0 Å². The van der Waals surface area contributed by atoms with E-state index in [1.54, 1.807) is 0 Å². The van der Waals surface area contributed by atoms with Crippen molar-refractivity contribution in [2.75, 3.05) is 0 Å². The smallest absolute Gasteiger partial charge is 0.145 e. The first-order valence-corrected chi connectivity index (χ1v) is 23.0. The maximum atomic E-state index is 6.96. The minimum absolute atomic E-state index is 0.468. The molecule has 67 heavy (non-hydrogen) atoms. The molecule has 10 aromatic carbocycles. The number of rotatable bonds is 4. The Balaban J connectivity index is 0.993. The summed E-state index contributed by atoms with van der Waals surface area (Å²) in [6, 6.07) is 81.1. The molecule has 0 radical (unpaired) electrons. The van der Waals surface area contributed by atoms with Crippen LogP contribution in [0, 0.1) is 0 Å². The Morgan fingerprint density at radius 3 is 1.67 bits per heavy atom. The molecule has 0 N–H and O–H groups in total. The van der Waals surface area contributed by atoms with Gasteiger partial charge in [-0.1, -0.05) is 176 Å². The molecule has 3 aromatic heterocycles. The van der Waals surface area contributed by atoms with Gasteiger partial charge in [0.25, 0.3) is 0 Å². The molecule has 0 fully saturated rings. The summed E-state index contributed by atoms with van der Waals surface area (Å²) >= 11 is 0. The summed E-state index contributed by atoms with van der Waals surface area (Å²) < 4.78 is 9.21. The first-order chi connectivity index (χ1) is 33.2. The third-order valence-corrected chi connectivity index (χ3v) is 14.6. The fraction of sp³-hybridized carbons (Fsp3) is 0.0159. The molecule has 15 rings (SSSR count). The van der Waals surface area contributed by atoms with Gasteiger partial charge >= 0.3 is 0 Å². The summed E-state index contributed by atoms with van der Waals surface area (Å²) in [6.07, 6.45) is 0. The van der Waals surface area contributed by atoms with Gasteiger partial charge in [0.2, 0.25) is 0 Å². The molecular formula is C63H37N3O. The maximum absolute atomic E-state index is 6.96. The van der Waals surface area contributed by atoms with Crippen molar-refractivity contribution < 1.29 is 4.42 Å². The second kappa shape index (κ2) is 13.6. The van der Waals surface area contributed by atoms with Crippen molar-refractivity contribution in [2.24, 2.45) is 0 Å². The lowest BCUT2D eigenvalue weighted by Crippen LogP contribution is -2.25. The summed E-state index contributed by atoms with van der Waals surface area (Å²) in [7, 11) is 0. The van der Waals surface area contributed by atoms with E-state index in [-0.39, 0.29) is 0 Å². The monoisotopic (exact) mass is 851 g/mol. The molecular weight excluding hydrogens is 815 g/mol. The fourth-order valence-corrected chi connectivity index (χ4v) is 11.9. The van der Waals surface area contributed by atoms with Gasteiger partial charge in [0.05, 0.1) is 27.7 Å². The van der Waals surface area contributed by atoms with Crippen LogP contribution in [0.3, 0.4) is 0 Å². The Morgan fingerprint density at radius 1 is 0.373 bits per heavy atom. The molecule has 0 saturated heterocycles. The lowest BCUT2D eigenvalue weighted by Gasteiger charge is -2.30. The number of imidazole rings is 1.